The van der Waals surface area contributed by atoms with E-state index < -0.39 is 3.55 Å². The number of halogens is 1. The SMILES string of the molecule is CC(C)(I)N1C(=O)C=CC1=O. The molecule has 1 rings (SSSR count). The van der Waals surface area contributed by atoms with Crippen LogP contribution in [-0.2, 0) is 9.59 Å². The fourth-order valence-corrected chi connectivity index (χ4v) is 1.40. The Labute approximate surface area is 78.6 Å². The number of hydrogen-bond acceptors (Lipinski definition) is 2. The Morgan fingerprint density at radius 3 is 1.82 bits per heavy atom. The first-order valence-electron chi connectivity index (χ1n) is 3.18. The number of carbonyl (C=O) groups excluding carboxylic acids is 2. The largest absolute Gasteiger partial charge is 0.269 e. The summed E-state index contributed by atoms with van der Waals surface area (Å²) >= 11 is 2.05. The van der Waals surface area contributed by atoms with Crippen LogP contribution in [0.25, 0.3) is 0 Å². The second kappa shape index (κ2) is 2.58. The predicted octanol–water partition coefficient (Wildman–Crippen LogP) is 1.08. The van der Waals surface area contributed by atoms with Crippen LogP contribution in [0.15, 0.2) is 12.2 Å². The van der Waals surface area contributed by atoms with Crippen molar-refractivity contribution in [3.63, 3.8) is 0 Å². The molecule has 0 aromatic carbocycles. The van der Waals surface area contributed by atoms with Gasteiger partial charge in [-0.25, -0.2) is 0 Å². The minimum absolute atomic E-state index is 0.227. The molecule has 11 heavy (non-hydrogen) atoms. The van der Waals surface area contributed by atoms with Crippen LogP contribution in [0.4, 0.5) is 0 Å². The topological polar surface area (TPSA) is 37.4 Å². The molecular weight excluding hydrogens is 257 g/mol. The minimum atomic E-state index is -0.435. The number of nitrogens with zero attached hydrogens (tertiary/aromatic N) is 1. The van der Waals surface area contributed by atoms with Crippen LogP contribution in [0, 0.1) is 0 Å². The van der Waals surface area contributed by atoms with E-state index in [4.69, 9.17) is 0 Å². The number of rotatable bonds is 1. The Morgan fingerprint density at radius 2 is 1.64 bits per heavy atom. The fraction of sp³-hybridized carbons (Fsp3) is 0.429. The van der Waals surface area contributed by atoms with E-state index >= 15 is 0 Å². The average molecular weight is 265 g/mol. The molecule has 0 bridgehead atoms. The zero-order chi connectivity index (χ0) is 8.65. The molecule has 0 saturated carbocycles. The van der Waals surface area contributed by atoms with E-state index in [9.17, 15) is 9.59 Å². The number of carbonyl (C=O) groups is 2. The maximum absolute atomic E-state index is 11.0. The molecule has 4 heteroatoms. The lowest BCUT2D eigenvalue weighted by Crippen LogP contribution is -2.42. The van der Waals surface area contributed by atoms with E-state index in [1.165, 1.54) is 17.1 Å². The first kappa shape index (κ1) is 8.70. The third-order valence-electron chi connectivity index (χ3n) is 1.34. The molecule has 1 aliphatic rings. The van der Waals surface area contributed by atoms with Gasteiger partial charge in [0.15, 0.2) is 0 Å². The van der Waals surface area contributed by atoms with E-state index in [2.05, 4.69) is 22.6 Å². The third-order valence-corrected chi connectivity index (χ3v) is 1.82. The normalized spacial score (nSPS) is 18.3. The second-order valence-corrected chi connectivity index (χ2v) is 5.39. The van der Waals surface area contributed by atoms with Gasteiger partial charge in [-0.2, -0.15) is 0 Å². The maximum atomic E-state index is 11.0. The highest BCUT2D eigenvalue weighted by molar-refractivity contribution is 14.1. The maximum Gasteiger partial charge on any atom is 0.254 e. The highest BCUT2D eigenvalue weighted by atomic mass is 127. The van der Waals surface area contributed by atoms with Crippen molar-refractivity contribution >= 4 is 34.4 Å². The lowest BCUT2D eigenvalue weighted by Gasteiger charge is -2.27. The third kappa shape index (κ3) is 1.61. The molecule has 0 aromatic rings. The van der Waals surface area contributed by atoms with Crippen LogP contribution >= 0.6 is 22.6 Å². The molecule has 3 nitrogen and oxygen atoms in total. The van der Waals surface area contributed by atoms with Gasteiger partial charge in [-0.1, -0.05) is 22.6 Å². The lowest BCUT2D eigenvalue weighted by atomic mass is 10.3. The fourth-order valence-electron chi connectivity index (χ4n) is 0.924. The van der Waals surface area contributed by atoms with Crippen molar-refractivity contribution in [2.75, 3.05) is 0 Å². The Morgan fingerprint density at radius 1 is 1.27 bits per heavy atom. The van der Waals surface area contributed by atoms with Gasteiger partial charge < -0.3 is 0 Å². The van der Waals surface area contributed by atoms with Crippen molar-refractivity contribution in [2.24, 2.45) is 0 Å². The van der Waals surface area contributed by atoms with E-state index in [1.807, 2.05) is 13.8 Å². The molecule has 1 aliphatic heterocycles. The van der Waals surface area contributed by atoms with E-state index in [-0.39, 0.29) is 11.8 Å². The monoisotopic (exact) mass is 265 g/mol. The summed E-state index contributed by atoms with van der Waals surface area (Å²) in [6.07, 6.45) is 2.59. The van der Waals surface area contributed by atoms with Crippen LogP contribution in [0.2, 0.25) is 0 Å². The van der Waals surface area contributed by atoms with Crippen molar-refractivity contribution < 1.29 is 9.59 Å². The average Bonchev–Trinajstić information content (AvgIpc) is 2.08. The number of alkyl halides is 1. The Kier molecular flexibility index (Phi) is 2.04. The molecule has 0 aromatic heterocycles. The van der Waals surface area contributed by atoms with Gasteiger partial charge in [0.2, 0.25) is 0 Å². The summed E-state index contributed by atoms with van der Waals surface area (Å²) in [7, 11) is 0. The summed E-state index contributed by atoms with van der Waals surface area (Å²) in [4.78, 5) is 23.3. The molecule has 0 unspecified atom stereocenters. The Hall–Kier alpha value is -0.390. The van der Waals surface area contributed by atoms with Crippen LogP contribution in [0.3, 0.4) is 0 Å². The van der Waals surface area contributed by atoms with Crippen LogP contribution in [0.5, 0.6) is 0 Å². The van der Waals surface area contributed by atoms with Crippen molar-refractivity contribution in [3.8, 4) is 0 Å². The number of hydrogen-bond donors (Lipinski definition) is 0. The van der Waals surface area contributed by atoms with Gasteiger partial charge in [-0.05, 0) is 13.8 Å². The minimum Gasteiger partial charge on any atom is -0.269 e. The standard InChI is InChI=1S/C7H8INO2/c1-7(2,8)9-5(10)3-4-6(9)11/h3-4H,1-2H3. The van der Waals surface area contributed by atoms with E-state index in [0.717, 1.165) is 0 Å². The Bertz CT molecular complexity index is 221. The molecule has 60 valence electrons. The summed E-state index contributed by atoms with van der Waals surface area (Å²) in [6, 6.07) is 0. The first-order valence-corrected chi connectivity index (χ1v) is 4.26. The molecule has 0 radical (unpaired) electrons. The molecule has 1 heterocycles. The van der Waals surface area contributed by atoms with Crippen molar-refractivity contribution in [1.29, 1.82) is 0 Å². The van der Waals surface area contributed by atoms with Gasteiger partial charge in [-0.3, -0.25) is 14.5 Å². The quantitative estimate of drug-likeness (QED) is 0.308. The molecule has 2 amide bonds. The van der Waals surface area contributed by atoms with Crippen LogP contribution in [0.1, 0.15) is 13.8 Å². The van der Waals surface area contributed by atoms with E-state index in [1.54, 1.807) is 0 Å². The van der Waals surface area contributed by atoms with Gasteiger partial charge in [0.25, 0.3) is 11.8 Å². The van der Waals surface area contributed by atoms with Crippen LogP contribution < -0.4 is 0 Å². The van der Waals surface area contributed by atoms with Gasteiger partial charge in [0, 0.05) is 12.2 Å². The van der Waals surface area contributed by atoms with Gasteiger partial charge in [0.1, 0.15) is 0 Å². The van der Waals surface area contributed by atoms with Crippen molar-refractivity contribution in [1.82, 2.24) is 4.90 Å². The number of imide groups is 1. The first-order chi connectivity index (χ1) is 4.93. The summed E-state index contributed by atoms with van der Waals surface area (Å²) in [5.41, 5.74) is 0. The van der Waals surface area contributed by atoms with Crippen molar-refractivity contribution in [3.05, 3.63) is 12.2 Å². The Balaban J connectivity index is 2.91. The molecule has 0 saturated heterocycles. The van der Waals surface area contributed by atoms with Gasteiger partial charge in [-0.15, -0.1) is 0 Å². The van der Waals surface area contributed by atoms with Crippen LogP contribution in [-0.4, -0.2) is 20.3 Å². The zero-order valence-corrected chi connectivity index (χ0v) is 8.45. The summed E-state index contributed by atoms with van der Waals surface area (Å²) in [6.45, 7) is 3.63. The van der Waals surface area contributed by atoms with Crippen molar-refractivity contribution in [2.45, 2.75) is 17.4 Å². The highest BCUT2D eigenvalue weighted by Crippen LogP contribution is 2.25. The molecule has 0 fully saturated rings. The van der Waals surface area contributed by atoms with Gasteiger partial charge >= 0.3 is 0 Å². The number of amides is 2. The summed E-state index contributed by atoms with van der Waals surface area (Å²) in [5, 5.41) is 0. The van der Waals surface area contributed by atoms with E-state index in [0.29, 0.717) is 0 Å². The lowest BCUT2D eigenvalue weighted by molar-refractivity contribution is -0.139. The highest BCUT2D eigenvalue weighted by Gasteiger charge is 2.34. The second-order valence-electron chi connectivity index (χ2n) is 2.75. The molecule has 0 aliphatic carbocycles. The predicted molar refractivity (Wildman–Crippen MR) is 49.1 cm³/mol. The van der Waals surface area contributed by atoms with Gasteiger partial charge in [0.05, 0.1) is 3.55 Å². The molecule has 0 atom stereocenters. The smallest absolute Gasteiger partial charge is 0.254 e. The molecule has 0 N–H and O–H groups in total. The summed E-state index contributed by atoms with van der Waals surface area (Å²) in [5.74, 6) is -0.455. The molecular formula is C7H8INO2. The molecule has 0 spiro atoms. The zero-order valence-electron chi connectivity index (χ0n) is 6.30. The summed E-state index contributed by atoms with van der Waals surface area (Å²) < 4.78 is -0.435.